The summed E-state index contributed by atoms with van der Waals surface area (Å²) in [5.74, 6) is -8.04. The molecule has 96 heavy (non-hydrogen) atoms. The van der Waals surface area contributed by atoms with E-state index in [-0.39, 0.29) is 38.3 Å². The zero-order valence-corrected chi connectivity index (χ0v) is 54.7. The number of ether oxygens (including phenoxy) is 6. The first-order chi connectivity index (χ1) is 45.4. The maximum Gasteiger partial charge on any atom is 0.311 e. The Labute approximate surface area is 558 Å². The Morgan fingerprint density at radius 1 is 0.656 bits per heavy atom. The van der Waals surface area contributed by atoms with Crippen molar-refractivity contribution in [2.24, 2.45) is 17.8 Å². The number of aliphatic hydroxyl groups is 17. The van der Waals surface area contributed by atoms with Crippen LogP contribution in [0.15, 0.2) is 115 Å². The van der Waals surface area contributed by atoms with Crippen molar-refractivity contribution >= 4 is 17.7 Å². The molecule has 20 N–H and O–H groups in total. The third kappa shape index (κ3) is 27.3. The molecule has 544 valence electrons. The van der Waals surface area contributed by atoms with Crippen LogP contribution in [0.4, 0.5) is 0 Å². The highest BCUT2D eigenvalue weighted by atomic mass is 16.7. The first kappa shape index (κ1) is 83.5. The highest BCUT2D eigenvalue weighted by Crippen LogP contribution is 2.39. The number of carboxylic acid groups (broad SMARTS) is 1. The zero-order valence-electron chi connectivity index (χ0n) is 54.7. The number of aliphatic carboxylic acids is 1. The Bertz CT molecular complexity index is 2650. The van der Waals surface area contributed by atoms with Crippen LogP contribution in [0.25, 0.3) is 0 Å². The number of carboxylic acids is 1. The average molecular weight is 1370 g/mol. The van der Waals surface area contributed by atoms with E-state index in [1.807, 2.05) is 6.92 Å². The van der Waals surface area contributed by atoms with Crippen molar-refractivity contribution in [3.63, 3.8) is 0 Å². The van der Waals surface area contributed by atoms with Gasteiger partial charge in [-0.15, -0.1) is 0 Å². The third-order valence-electron chi connectivity index (χ3n) is 17.0. The molecule has 4 aliphatic heterocycles. The Balaban J connectivity index is 0.00000135. The van der Waals surface area contributed by atoms with Crippen LogP contribution in [0.1, 0.15) is 90.9 Å². The number of fused-ring (bicyclic) bond motifs is 2. The third-order valence-corrected chi connectivity index (χ3v) is 17.0. The van der Waals surface area contributed by atoms with Crippen LogP contribution in [0.3, 0.4) is 0 Å². The normalized spacial score (nSPS) is 37.1. The molecule has 0 amide bonds. The number of esters is 1. The summed E-state index contributed by atoms with van der Waals surface area (Å²) in [6, 6.07) is 7.32. The van der Waals surface area contributed by atoms with E-state index >= 15 is 0 Å². The second-order valence-corrected chi connectivity index (χ2v) is 24.9. The van der Waals surface area contributed by atoms with Crippen LogP contribution in [0, 0.1) is 17.8 Å². The molecule has 0 spiro atoms. The van der Waals surface area contributed by atoms with Crippen molar-refractivity contribution in [3.05, 3.63) is 121 Å². The molecule has 3 saturated heterocycles. The smallest absolute Gasteiger partial charge is 0.311 e. The summed E-state index contributed by atoms with van der Waals surface area (Å²) in [5.41, 5.74) is 0.582. The zero-order chi connectivity index (χ0) is 71.4. The van der Waals surface area contributed by atoms with Gasteiger partial charge in [-0.25, -0.2) is 0 Å². The van der Waals surface area contributed by atoms with Crippen molar-refractivity contribution < 1.29 is 135 Å². The van der Waals surface area contributed by atoms with E-state index in [1.165, 1.54) is 19.1 Å². The van der Waals surface area contributed by atoms with E-state index in [0.717, 1.165) is 0 Å². The Morgan fingerprint density at radius 2 is 1.25 bits per heavy atom. The lowest BCUT2D eigenvalue weighted by molar-refractivity contribution is -0.309. The fourth-order valence-electron chi connectivity index (χ4n) is 11.2. The molecule has 1 aromatic rings. The van der Waals surface area contributed by atoms with Crippen molar-refractivity contribution in [3.8, 4) is 0 Å². The van der Waals surface area contributed by atoms with Gasteiger partial charge in [0, 0.05) is 49.6 Å². The van der Waals surface area contributed by atoms with Crippen LogP contribution >= 0.6 is 0 Å². The van der Waals surface area contributed by atoms with Gasteiger partial charge >= 0.3 is 11.9 Å². The molecule has 5 rings (SSSR count). The summed E-state index contributed by atoms with van der Waals surface area (Å²) >= 11 is 0. The molecule has 0 aliphatic carbocycles. The second-order valence-electron chi connectivity index (χ2n) is 24.9. The highest BCUT2D eigenvalue weighted by Gasteiger charge is 2.52. The summed E-state index contributed by atoms with van der Waals surface area (Å²) in [6.45, 7) is 5.18. The molecular weight excluding hydrogens is 1260 g/mol. The number of hydrogen-bond acceptors (Lipinski definition) is 28. The first-order valence-corrected chi connectivity index (χ1v) is 32.3. The van der Waals surface area contributed by atoms with Gasteiger partial charge in [0.1, 0.15) is 54.7 Å². The summed E-state index contributed by atoms with van der Waals surface area (Å²) < 4.78 is 35.0. The fraction of sp³-hybridized carbons (Fsp3) is 0.657. The molecule has 27 unspecified atom stereocenters. The number of ketones is 1. The molecule has 4 aliphatic rings. The minimum atomic E-state index is -2.42. The predicted octanol–water partition coefficient (Wildman–Crippen LogP) is -2.61. The van der Waals surface area contributed by atoms with Gasteiger partial charge in [-0.3, -0.25) is 14.4 Å². The second kappa shape index (κ2) is 42.2. The number of carbonyl (C=O) groups excluding carboxylic acids is 2. The fourth-order valence-corrected chi connectivity index (χ4v) is 11.2. The molecular formula is C67H104N2O27. The van der Waals surface area contributed by atoms with Gasteiger partial charge in [-0.1, -0.05) is 129 Å². The lowest BCUT2D eigenvalue weighted by Gasteiger charge is -2.45. The van der Waals surface area contributed by atoms with Gasteiger partial charge in [0.05, 0.1) is 105 Å². The number of hydrogen-bond donors (Lipinski definition) is 20. The van der Waals surface area contributed by atoms with E-state index in [4.69, 9.17) is 48.8 Å². The largest absolute Gasteiger partial charge is 0.481 e. The SMILES string of the molecule is CC1C=CC=CC=CC=CC=CC=CC=CC(OC2OC(C)C(O)C(NCC(=O)C(O)C3OC(c4ccccc4)OCC3O)C2O)CC2OC(O)(CC(O)CC(O)C(O)CCC(O)CC(O)CC(=O)OC(C)C(C)C1O)CC(O)C2C(=O)O.CNCC(O)C(O)C(O)C(O)CO. The Hall–Kier alpha value is -4.95. The number of aliphatic hydroxyl groups excluding tert-OH is 16. The lowest BCUT2D eigenvalue weighted by atomic mass is 9.82. The van der Waals surface area contributed by atoms with E-state index < -0.39 is 221 Å². The van der Waals surface area contributed by atoms with E-state index in [0.29, 0.717) is 5.56 Å². The van der Waals surface area contributed by atoms with Gasteiger partial charge in [-0.2, -0.15) is 0 Å². The van der Waals surface area contributed by atoms with Crippen molar-refractivity contribution in [2.45, 2.75) is 226 Å². The molecule has 29 heteroatoms. The van der Waals surface area contributed by atoms with E-state index in [9.17, 15) is 85.9 Å². The van der Waals surface area contributed by atoms with E-state index in [1.54, 1.807) is 124 Å². The number of allylic oxidation sites excluding steroid dienone is 12. The van der Waals surface area contributed by atoms with Crippen LogP contribution in [0.5, 0.6) is 0 Å². The number of rotatable bonds is 15. The first-order valence-electron chi connectivity index (χ1n) is 32.3. The number of Topliss-reactive ketones (excluding diaryl/α,β-unsaturated/α-hetero) is 1. The number of cyclic esters (lactones) is 1. The number of benzene rings is 1. The summed E-state index contributed by atoms with van der Waals surface area (Å²) in [6.07, 6.45) is -10.4. The molecule has 0 saturated carbocycles. The van der Waals surface area contributed by atoms with Gasteiger partial charge in [-0.05, 0) is 40.2 Å². The quantitative estimate of drug-likeness (QED) is 0.0800. The summed E-state index contributed by atoms with van der Waals surface area (Å²) in [7, 11) is 1.57. The van der Waals surface area contributed by atoms with Gasteiger partial charge in [0.2, 0.25) is 0 Å². The molecule has 1 aromatic carbocycles. The molecule has 4 heterocycles. The topological polar surface area (TPSA) is 495 Å². The predicted molar refractivity (Wildman–Crippen MR) is 343 cm³/mol. The monoisotopic (exact) mass is 1370 g/mol. The summed E-state index contributed by atoms with van der Waals surface area (Å²) in [5, 5.41) is 193. The molecule has 0 radical (unpaired) electrons. The van der Waals surface area contributed by atoms with Crippen molar-refractivity contribution in [1.29, 1.82) is 0 Å². The minimum Gasteiger partial charge on any atom is -0.481 e. The summed E-state index contributed by atoms with van der Waals surface area (Å²) in [4.78, 5) is 38.9. The van der Waals surface area contributed by atoms with Gasteiger partial charge < -0.3 is 131 Å². The Morgan fingerprint density at radius 3 is 1.84 bits per heavy atom. The lowest BCUT2D eigenvalue weighted by Crippen LogP contribution is -2.64. The molecule has 2 bridgehead atoms. The number of nitrogens with one attached hydrogen (secondary N) is 2. The molecule has 3 fully saturated rings. The highest BCUT2D eigenvalue weighted by molar-refractivity contribution is 5.85. The minimum absolute atomic E-state index is 0.0936. The van der Waals surface area contributed by atoms with Crippen LogP contribution < -0.4 is 10.6 Å². The maximum absolute atomic E-state index is 13.4. The van der Waals surface area contributed by atoms with Crippen LogP contribution in [0.2, 0.25) is 0 Å². The van der Waals surface area contributed by atoms with Crippen LogP contribution in [-0.4, -0.2) is 283 Å². The molecule has 27 atom stereocenters. The molecule has 29 nitrogen and oxygen atoms in total. The van der Waals surface area contributed by atoms with Crippen LogP contribution in [-0.2, 0) is 42.8 Å². The Kier molecular flexibility index (Phi) is 36.7. The van der Waals surface area contributed by atoms with Crippen molar-refractivity contribution in [1.82, 2.24) is 10.6 Å². The molecule has 0 aromatic heterocycles. The number of likely N-dealkylation sites (N-methyl/N-ethyl adjacent to an activating group) is 1. The maximum atomic E-state index is 13.4. The number of carbonyl (C=O) groups is 3. The van der Waals surface area contributed by atoms with Gasteiger partial charge in [0.25, 0.3) is 0 Å². The van der Waals surface area contributed by atoms with Crippen molar-refractivity contribution in [2.75, 3.05) is 33.4 Å². The standard InChI is InChI=1S/C60H87NO22.C7H17NO5/c1-34-20-16-13-11-9-7-5-6-8-10-12-14-19-23-42(81-59-55(74)51(53(72)37(4)80-59)61-32-46(68)54(73)56-47(69)33-78-58(82-56)38-21-17-15-18-22-38)29-48-50(57(75)76)45(67)31-60(77,83-48)30-41(64)27-44(66)43(65)25-24-39(62)26-40(63)28-49(70)79-36(3)35(2)52(34)71;1-8-2-4(10)6(12)7(13)5(11)3-9/h5-23,34-37,39-45,47-48,50-56,58-59,61-67,69,71-74,77H,24-33H2,1-4H3,(H,75,76);4-13H,2-3H2,1H3. The average Bonchev–Trinajstić information content (AvgIpc) is 0.830. The van der Waals surface area contributed by atoms with E-state index in [2.05, 4.69) is 10.6 Å². The van der Waals surface area contributed by atoms with Gasteiger partial charge in [0.15, 0.2) is 24.2 Å².